The van der Waals surface area contributed by atoms with Gasteiger partial charge in [-0.3, -0.25) is 5.84 Å². The molecule has 0 amide bonds. The number of nitrogens with two attached hydrogens (primary N) is 1. The van der Waals surface area contributed by atoms with E-state index in [9.17, 15) is 0 Å². The van der Waals surface area contributed by atoms with Crippen molar-refractivity contribution >= 4 is 0 Å². The van der Waals surface area contributed by atoms with Gasteiger partial charge in [-0.2, -0.15) is 0 Å². The molecule has 0 aromatic carbocycles. The van der Waals surface area contributed by atoms with Crippen molar-refractivity contribution in [3.05, 3.63) is 24.0 Å². The Morgan fingerprint density at radius 1 is 1.50 bits per heavy atom. The number of terminal acetylenes is 1. The Labute approximate surface area is 99.1 Å². The van der Waals surface area contributed by atoms with Gasteiger partial charge in [-0.15, -0.1) is 12.3 Å². The van der Waals surface area contributed by atoms with E-state index >= 15 is 0 Å². The number of nitrogens with one attached hydrogen (secondary N) is 2. The van der Waals surface area contributed by atoms with Crippen molar-refractivity contribution < 1.29 is 0 Å². The molecular weight excluding hydrogens is 198 g/mol. The van der Waals surface area contributed by atoms with Crippen molar-refractivity contribution in [1.82, 2.24) is 10.7 Å². The number of hydrogen-bond acceptors (Lipinski definition) is 3. The second kappa shape index (κ2) is 6.97. The second-order valence-corrected chi connectivity index (χ2v) is 4.95. The summed E-state index contributed by atoms with van der Waals surface area (Å²) in [6.07, 6.45) is 8.56. The first-order chi connectivity index (χ1) is 7.40. The SMILES string of the molecule is C#CCCN/C=C(\NN)C(=C)CC(C)(C)C. The van der Waals surface area contributed by atoms with Crippen LogP contribution >= 0.6 is 0 Å². The maximum atomic E-state index is 5.45. The van der Waals surface area contributed by atoms with E-state index in [0.717, 1.165) is 24.2 Å². The Hall–Kier alpha value is -1.40. The van der Waals surface area contributed by atoms with Gasteiger partial charge in [-0.25, -0.2) is 0 Å². The van der Waals surface area contributed by atoms with Crippen LogP contribution in [0.15, 0.2) is 24.0 Å². The number of allylic oxidation sites excluding steroid dienone is 1. The van der Waals surface area contributed by atoms with E-state index in [0.29, 0.717) is 6.42 Å². The third-order valence-corrected chi connectivity index (χ3v) is 1.94. The van der Waals surface area contributed by atoms with Crippen LogP contribution in [0.2, 0.25) is 0 Å². The summed E-state index contributed by atoms with van der Waals surface area (Å²) in [6.45, 7) is 11.3. The molecule has 0 aliphatic rings. The molecule has 0 atom stereocenters. The second-order valence-electron chi connectivity index (χ2n) is 4.95. The Kier molecular flexibility index (Phi) is 6.36. The average molecular weight is 221 g/mol. The molecule has 0 bridgehead atoms. The Bertz CT molecular complexity index is 289. The topological polar surface area (TPSA) is 50.1 Å². The normalized spacial score (nSPS) is 11.8. The van der Waals surface area contributed by atoms with Crippen LogP contribution in [0.1, 0.15) is 33.6 Å². The van der Waals surface area contributed by atoms with Crippen LogP contribution in [-0.2, 0) is 0 Å². The lowest BCUT2D eigenvalue weighted by molar-refractivity contribution is 0.410. The molecule has 0 aliphatic carbocycles. The lowest BCUT2D eigenvalue weighted by Gasteiger charge is -2.21. The van der Waals surface area contributed by atoms with Gasteiger partial charge in [0, 0.05) is 19.2 Å². The van der Waals surface area contributed by atoms with E-state index < -0.39 is 0 Å². The fraction of sp³-hybridized carbons (Fsp3) is 0.538. The summed E-state index contributed by atoms with van der Waals surface area (Å²) in [5.41, 5.74) is 4.66. The zero-order valence-electron chi connectivity index (χ0n) is 10.6. The maximum absolute atomic E-state index is 5.45. The van der Waals surface area contributed by atoms with E-state index in [-0.39, 0.29) is 5.41 Å². The molecule has 90 valence electrons. The van der Waals surface area contributed by atoms with Crippen molar-refractivity contribution in [2.45, 2.75) is 33.6 Å². The molecule has 3 heteroatoms. The minimum absolute atomic E-state index is 0.200. The first-order valence-electron chi connectivity index (χ1n) is 5.42. The molecule has 0 radical (unpaired) electrons. The van der Waals surface area contributed by atoms with Crippen LogP contribution in [0.4, 0.5) is 0 Å². The molecule has 0 heterocycles. The molecule has 0 spiro atoms. The van der Waals surface area contributed by atoms with E-state index in [4.69, 9.17) is 12.3 Å². The molecule has 4 N–H and O–H groups in total. The average Bonchev–Trinajstić information content (AvgIpc) is 2.15. The molecule has 0 rings (SSSR count). The molecule has 0 fully saturated rings. The summed E-state index contributed by atoms with van der Waals surface area (Å²) in [6, 6.07) is 0. The van der Waals surface area contributed by atoms with Crippen molar-refractivity contribution in [2.24, 2.45) is 11.3 Å². The van der Waals surface area contributed by atoms with Crippen LogP contribution in [0, 0.1) is 17.8 Å². The fourth-order valence-corrected chi connectivity index (χ4v) is 1.30. The van der Waals surface area contributed by atoms with Crippen molar-refractivity contribution in [3.63, 3.8) is 0 Å². The van der Waals surface area contributed by atoms with Gasteiger partial charge in [-0.1, -0.05) is 27.4 Å². The molecule has 0 aliphatic heterocycles. The molecule has 0 saturated carbocycles. The summed E-state index contributed by atoms with van der Waals surface area (Å²) in [5.74, 6) is 8.01. The zero-order chi connectivity index (χ0) is 12.6. The van der Waals surface area contributed by atoms with E-state index in [2.05, 4.69) is 44.0 Å². The van der Waals surface area contributed by atoms with Crippen LogP contribution in [0.3, 0.4) is 0 Å². The van der Waals surface area contributed by atoms with Crippen LogP contribution < -0.4 is 16.6 Å². The van der Waals surface area contributed by atoms with Crippen molar-refractivity contribution in [1.29, 1.82) is 0 Å². The number of hydrogen-bond donors (Lipinski definition) is 3. The molecule has 0 aromatic heterocycles. The van der Waals surface area contributed by atoms with Gasteiger partial charge in [0.2, 0.25) is 0 Å². The highest BCUT2D eigenvalue weighted by molar-refractivity contribution is 5.26. The van der Waals surface area contributed by atoms with E-state index in [1.165, 1.54) is 0 Å². The Morgan fingerprint density at radius 2 is 2.12 bits per heavy atom. The van der Waals surface area contributed by atoms with Gasteiger partial charge in [0.1, 0.15) is 0 Å². The van der Waals surface area contributed by atoms with Crippen LogP contribution in [0.5, 0.6) is 0 Å². The van der Waals surface area contributed by atoms with Crippen molar-refractivity contribution in [3.8, 4) is 12.3 Å². The first-order valence-corrected chi connectivity index (χ1v) is 5.42. The first kappa shape index (κ1) is 14.6. The monoisotopic (exact) mass is 221 g/mol. The minimum Gasteiger partial charge on any atom is -0.388 e. The largest absolute Gasteiger partial charge is 0.388 e. The third kappa shape index (κ3) is 6.97. The minimum atomic E-state index is 0.200. The van der Waals surface area contributed by atoms with E-state index in [1.807, 2.05) is 6.20 Å². The van der Waals surface area contributed by atoms with Gasteiger partial charge in [0.05, 0.1) is 5.70 Å². The highest BCUT2D eigenvalue weighted by Gasteiger charge is 2.13. The third-order valence-electron chi connectivity index (χ3n) is 1.94. The molecule has 0 unspecified atom stereocenters. The fourth-order valence-electron chi connectivity index (χ4n) is 1.30. The molecule has 0 saturated heterocycles. The van der Waals surface area contributed by atoms with Gasteiger partial charge in [0.15, 0.2) is 0 Å². The maximum Gasteiger partial charge on any atom is 0.0668 e. The highest BCUT2D eigenvalue weighted by atomic mass is 15.2. The van der Waals surface area contributed by atoms with Crippen molar-refractivity contribution in [2.75, 3.05) is 6.54 Å². The lowest BCUT2D eigenvalue weighted by atomic mass is 9.87. The molecule has 3 nitrogen and oxygen atoms in total. The quantitative estimate of drug-likeness (QED) is 0.211. The number of hydrazine groups is 1. The molecule has 16 heavy (non-hydrogen) atoms. The smallest absolute Gasteiger partial charge is 0.0668 e. The summed E-state index contributed by atoms with van der Waals surface area (Å²) in [7, 11) is 0. The zero-order valence-corrected chi connectivity index (χ0v) is 10.6. The lowest BCUT2D eigenvalue weighted by Crippen LogP contribution is -2.26. The van der Waals surface area contributed by atoms with E-state index in [1.54, 1.807) is 0 Å². The molecule has 0 aromatic rings. The van der Waals surface area contributed by atoms with Gasteiger partial charge < -0.3 is 10.7 Å². The predicted octanol–water partition coefficient (Wildman–Crippen LogP) is 1.90. The summed E-state index contributed by atoms with van der Waals surface area (Å²) in [5, 5.41) is 3.10. The van der Waals surface area contributed by atoms with Crippen LogP contribution in [-0.4, -0.2) is 6.54 Å². The van der Waals surface area contributed by atoms with Gasteiger partial charge >= 0.3 is 0 Å². The van der Waals surface area contributed by atoms with Crippen LogP contribution in [0.25, 0.3) is 0 Å². The standard InChI is InChI=1S/C13H23N3/c1-6-7-8-15-10-12(16-14)11(2)9-13(3,4)5/h1,10,15-16H,2,7-9,14H2,3-5H3/b12-10-. The predicted molar refractivity (Wildman–Crippen MR) is 70.1 cm³/mol. The number of rotatable bonds is 6. The molecular formula is C13H23N3. The summed E-state index contributed by atoms with van der Waals surface area (Å²) in [4.78, 5) is 0. The van der Waals surface area contributed by atoms with Gasteiger partial charge in [0.25, 0.3) is 0 Å². The Balaban J connectivity index is 4.27. The summed E-state index contributed by atoms with van der Waals surface area (Å²) >= 11 is 0. The highest BCUT2D eigenvalue weighted by Crippen LogP contribution is 2.25. The summed E-state index contributed by atoms with van der Waals surface area (Å²) < 4.78 is 0. The van der Waals surface area contributed by atoms with Gasteiger partial charge in [-0.05, 0) is 17.4 Å². The Morgan fingerprint density at radius 3 is 2.56 bits per heavy atom.